The molecule has 0 N–H and O–H groups in total. The van der Waals surface area contributed by atoms with Crippen molar-refractivity contribution >= 4 is 21.7 Å². The molecule has 2 aromatic heterocycles. The molecule has 0 aliphatic heterocycles. The number of pyridine rings is 1. The molecule has 0 saturated heterocycles. The van der Waals surface area contributed by atoms with Crippen LogP contribution in [0.1, 0.15) is 15.9 Å². The van der Waals surface area contributed by atoms with Gasteiger partial charge in [-0.1, -0.05) is 0 Å². The third-order valence-corrected chi connectivity index (χ3v) is 2.58. The summed E-state index contributed by atoms with van der Waals surface area (Å²) in [6, 6.07) is 1.77. The Morgan fingerprint density at radius 3 is 2.88 bits per heavy atom. The van der Waals surface area contributed by atoms with Crippen LogP contribution in [0.4, 0.5) is 0 Å². The van der Waals surface area contributed by atoms with Crippen molar-refractivity contribution in [3.05, 3.63) is 46.5 Å². The van der Waals surface area contributed by atoms with Crippen molar-refractivity contribution in [2.24, 2.45) is 7.05 Å². The fourth-order valence-corrected chi connectivity index (χ4v) is 1.78. The molecule has 2 heterocycles. The molecule has 0 saturated carbocycles. The molecule has 0 amide bonds. The van der Waals surface area contributed by atoms with Crippen LogP contribution in [0.15, 0.2) is 35.3 Å². The highest BCUT2D eigenvalue weighted by molar-refractivity contribution is 9.10. The zero-order chi connectivity index (χ0) is 11.5. The van der Waals surface area contributed by atoms with E-state index in [-0.39, 0.29) is 5.78 Å². The van der Waals surface area contributed by atoms with Crippen molar-refractivity contribution in [1.29, 1.82) is 0 Å². The van der Waals surface area contributed by atoms with Crippen LogP contribution in [0.25, 0.3) is 0 Å². The minimum absolute atomic E-state index is 0.0433. The lowest BCUT2D eigenvalue weighted by molar-refractivity contribution is 0.0992. The maximum absolute atomic E-state index is 11.9. The van der Waals surface area contributed by atoms with E-state index in [4.69, 9.17) is 0 Å². The summed E-state index contributed by atoms with van der Waals surface area (Å²) >= 11 is 3.29. The molecule has 5 heteroatoms. The summed E-state index contributed by atoms with van der Waals surface area (Å²) in [7, 11) is 1.83. The average Bonchev–Trinajstić information content (AvgIpc) is 2.64. The van der Waals surface area contributed by atoms with E-state index in [1.165, 1.54) is 0 Å². The highest BCUT2D eigenvalue weighted by atomic mass is 79.9. The molecule has 0 radical (unpaired) electrons. The van der Waals surface area contributed by atoms with Crippen LogP contribution in [0.5, 0.6) is 0 Å². The molecule has 0 aliphatic carbocycles. The normalized spacial score (nSPS) is 10.4. The first-order chi connectivity index (χ1) is 7.65. The minimum atomic E-state index is 0.0433. The number of aromatic nitrogens is 3. The fourth-order valence-electron chi connectivity index (χ4n) is 1.41. The fraction of sp³-hybridized carbons (Fsp3) is 0.182. The third kappa shape index (κ3) is 2.55. The van der Waals surface area contributed by atoms with Gasteiger partial charge in [0.25, 0.3) is 0 Å². The minimum Gasteiger partial charge on any atom is -0.294 e. The van der Waals surface area contributed by atoms with Crippen LogP contribution in [-0.4, -0.2) is 20.5 Å². The molecule has 0 fully saturated rings. The van der Waals surface area contributed by atoms with Gasteiger partial charge in [0.2, 0.25) is 0 Å². The molecule has 0 aliphatic rings. The maximum Gasteiger partial charge on any atom is 0.168 e. The van der Waals surface area contributed by atoms with Gasteiger partial charge in [-0.25, -0.2) is 0 Å². The van der Waals surface area contributed by atoms with Gasteiger partial charge in [0.05, 0.1) is 6.20 Å². The average molecular weight is 280 g/mol. The summed E-state index contributed by atoms with van der Waals surface area (Å²) in [5.74, 6) is 0.0433. The number of ketones is 1. The zero-order valence-electron chi connectivity index (χ0n) is 8.72. The first-order valence-corrected chi connectivity index (χ1v) is 5.56. The Morgan fingerprint density at radius 2 is 2.25 bits per heavy atom. The van der Waals surface area contributed by atoms with Crippen LogP contribution in [0.2, 0.25) is 0 Å². The summed E-state index contributed by atoms with van der Waals surface area (Å²) in [6.45, 7) is 0. The van der Waals surface area contributed by atoms with Gasteiger partial charge in [-0.3, -0.25) is 14.5 Å². The van der Waals surface area contributed by atoms with Crippen molar-refractivity contribution in [3.8, 4) is 0 Å². The highest BCUT2D eigenvalue weighted by Crippen LogP contribution is 2.12. The van der Waals surface area contributed by atoms with E-state index in [1.807, 2.05) is 13.2 Å². The number of hydrogen-bond acceptors (Lipinski definition) is 3. The molecule has 2 aromatic rings. The molecule has 16 heavy (non-hydrogen) atoms. The van der Waals surface area contributed by atoms with E-state index in [9.17, 15) is 4.79 Å². The second-order valence-corrected chi connectivity index (χ2v) is 4.43. The number of aryl methyl sites for hydroxylation is 1. The summed E-state index contributed by atoms with van der Waals surface area (Å²) < 4.78 is 2.49. The van der Waals surface area contributed by atoms with E-state index < -0.39 is 0 Å². The van der Waals surface area contributed by atoms with Gasteiger partial charge in [0, 0.05) is 42.1 Å². The van der Waals surface area contributed by atoms with E-state index in [0.717, 1.165) is 10.0 Å². The topological polar surface area (TPSA) is 47.8 Å². The number of nitrogens with zero attached hydrogens (tertiary/aromatic N) is 3. The summed E-state index contributed by atoms with van der Waals surface area (Å²) in [5.41, 5.74) is 1.52. The van der Waals surface area contributed by atoms with Crippen molar-refractivity contribution in [2.45, 2.75) is 6.42 Å². The molecular formula is C11H10BrN3O. The molecule has 0 atom stereocenters. The SMILES string of the molecule is Cn1cc(CC(=O)c2cncc(Br)c2)cn1. The number of Topliss-reactive ketones (excluding diaryl/α,β-unsaturated/α-hetero) is 1. The summed E-state index contributed by atoms with van der Waals surface area (Å²) in [6.07, 6.45) is 7.11. The molecule has 0 bridgehead atoms. The number of halogens is 1. The quantitative estimate of drug-likeness (QED) is 0.808. The van der Waals surface area contributed by atoms with E-state index in [2.05, 4.69) is 26.0 Å². The molecule has 2 rings (SSSR count). The Balaban J connectivity index is 2.14. The standard InChI is InChI=1S/C11H10BrN3O/c1-15-7-8(4-14-15)2-11(16)9-3-10(12)6-13-5-9/h3-7H,2H2,1H3. The molecule has 0 unspecified atom stereocenters. The zero-order valence-corrected chi connectivity index (χ0v) is 10.3. The van der Waals surface area contributed by atoms with Crippen LogP contribution in [0.3, 0.4) is 0 Å². The third-order valence-electron chi connectivity index (χ3n) is 2.15. The number of rotatable bonds is 3. The van der Waals surface area contributed by atoms with E-state index >= 15 is 0 Å². The Hall–Kier alpha value is -1.49. The Labute approximate surface area is 101 Å². The van der Waals surface area contributed by atoms with Gasteiger partial charge >= 0.3 is 0 Å². The van der Waals surface area contributed by atoms with Gasteiger partial charge in [-0.2, -0.15) is 5.10 Å². The van der Waals surface area contributed by atoms with E-state index in [0.29, 0.717) is 12.0 Å². The van der Waals surface area contributed by atoms with Crippen molar-refractivity contribution in [3.63, 3.8) is 0 Å². The number of carbonyl (C=O) groups is 1. The van der Waals surface area contributed by atoms with Crippen LogP contribution in [-0.2, 0) is 13.5 Å². The summed E-state index contributed by atoms with van der Waals surface area (Å²) in [5, 5.41) is 4.02. The van der Waals surface area contributed by atoms with Crippen molar-refractivity contribution in [1.82, 2.24) is 14.8 Å². The predicted molar refractivity (Wildman–Crippen MR) is 63.2 cm³/mol. The second-order valence-electron chi connectivity index (χ2n) is 3.51. The van der Waals surface area contributed by atoms with E-state index in [1.54, 1.807) is 29.3 Å². The van der Waals surface area contributed by atoms with Gasteiger partial charge in [0.1, 0.15) is 0 Å². The van der Waals surface area contributed by atoms with Gasteiger partial charge < -0.3 is 0 Å². The van der Waals surface area contributed by atoms with Crippen LogP contribution < -0.4 is 0 Å². The first kappa shape index (κ1) is 11.0. The monoisotopic (exact) mass is 279 g/mol. The summed E-state index contributed by atoms with van der Waals surface area (Å²) in [4.78, 5) is 15.8. The smallest absolute Gasteiger partial charge is 0.168 e. The van der Waals surface area contributed by atoms with Crippen LogP contribution in [0, 0.1) is 0 Å². The largest absolute Gasteiger partial charge is 0.294 e. The molecule has 0 aromatic carbocycles. The van der Waals surface area contributed by atoms with Crippen LogP contribution >= 0.6 is 15.9 Å². The Bertz CT molecular complexity index is 521. The number of hydrogen-bond donors (Lipinski definition) is 0. The van der Waals surface area contributed by atoms with Gasteiger partial charge in [-0.15, -0.1) is 0 Å². The lowest BCUT2D eigenvalue weighted by atomic mass is 10.1. The predicted octanol–water partition coefficient (Wildman–Crippen LogP) is 2.00. The number of carbonyl (C=O) groups excluding carboxylic acids is 1. The second kappa shape index (κ2) is 4.57. The molecule has 0 spiro atoms. The molecule has 82 valence electrons. The molecular weight excluding hydrogens is 270 g/mol. The lowest BCUT2D eigenvalue weighted by Crippen LogP contribution is -2.03. The lowest BCUT2D eigenvalue weighted by Gasteiger charge is -1.98. The maximum atomic E-state index is 11.9. The van der Waals surface area contributed by atoms with Crippen molar-refractivity contribution < 1.29 is 4.79 Å². The Morgan fingerprint density at radius 1 is 1.44 bits per heavy atom. The Kier molecular flexibility index (Phi) is 3.14. The van der Waals surface area contributed by atoms with Crippen molar-refractivity contribution in [2.75, 3.05) is 0 Å². The molecule has 4 nitrogen and oxygen atoms in total. The van der Waals surface area contributed by atoms with Gasteiger partial charge in [-0.05, 0) is 27.6 Å². The highest BCUT2D eigenvalue weighted by Gasteiger charge is 2.08. The first-order valence-electron chi connectivity index (χ1n) is 4.76. The van der Waals surface area contributed by atoms with Gasteiger partial charge in [0.15, 0.2) is 5.78 Å².